The number of hydrazone groups is 1. The van der Waals surface area contributed by atoms with Crippen molar-refractivity contribution in [3.63, 3.8) is 0 Å². The van der Waals surface area contributed by atoms with Crippen LogP contribution in [0.15, 0.2) is 70.4 Å². The molecule has 2 amide bonds. The van der Waals surface area contributed by atoms with Crippen molar-refractivity contribution in [3.8, 4) is 5.75 Å². The third-order valence-electron chi connectivity index (χ3n) is 6.39. The maximum Gasteiger partial charge on any atom is 0.262 e. The number of benzene rings is 2. The van der Waals surface area contributed by atoms with Crippen LogP contribution in [-0.4, -0.2) is 61.4 Å². The zero-order valence-corrected chi connectivity index (χ0v) is 21.1. The molecule has 0 bridgehead atoms. The van der Waals surface area contributed by atoms with Gasteiger partial charge in [-0.15, -0.1) is 0 Å². The Balaban J connectivity index is 1.60. The maximum atomic E-state index is 13.6. The summed E-state index contributed by atoms with van der Waals surface area (Å²) in [6.07, 6.45) is 2.11. The minimum Gasteiger partial charge on any atom is -0.497 e. The molecule has 8 heteroatoms. The van der Waals surface area contributed by atoms with Crippen LogP contribution in [-0.2, 0) is 9.53 Å². The molecule has 1 aliphatic heterocycles. The van der Waals surface area contributed by atoms with E-state index in [4.69, 9.17) is 19.0 Å². The molecule has 2 aromatic carbocycles. The predicted octanol–water partition coefficient (Wildman–Crippen LogP) is 4.37. The number of nitrogens with zero attached hydrogens (tertiary/aromatic N) is 3. The van der Waals surface area contributed by atoms with Crippen LogP contribution in [0.25, 0.3) is 0 Å². The molecule has 0 saturated carbocycles. The molecule has 0 radical (unpaired) electrons. The summed E-state index contributed by atoms with van der Waals surface area (Å²) < 4.78 is 16.0. The highest BCUT2D eigenvalue weighted by molar-refractivity contribution is 6.04. The van der Waals surface area contributed by atoms with Crippen LogP contribution in [0.2, 0.25) is 0 Å². The highest BCUT2D eigenvalue weighted by Gasteiger charge is 2.36. The zero-order valence-electron chi connectivity index (χ0n) is 21.1. The molecule has 4 rings (SSSR count). The first kappa shape index (κ1) is 25.2. The van der Waals surface area contributed by atoms with E-state index in [2.05, 4.69) is 26.0 Å². The third-order valence-corrected chi connectivity index (χ3v) is 6.39. The molecule has 3 aromatic rings. The first-order valence-corrected chi connectivity index (χ1v) is 11.8. The molecule has 0 fully saturated rings. The monoisotopic (exact) mass is 489 g/mol. The van der Waals surface area contributed by atoms with Gasteiger partial charge in [-0.05, 0) is 73.0 Å². The van der Waals surface area contributed by atoms with Crippen molar-refractivity contribution >= 4 is 17.5 Å². The fourth-order valence-electron chi connectivity index (χ4n) is 4.14. The minimum absolute atomic E-state index is 0.144. The summed E-state index contributed by atoms with van der Waals surface area (Å²) in [6, 6.07) is 16.2. The van der Waals surface area contributed by atoms with Crippen molar-refractivity contribution in [1.82, 2.24) is 9.91 Å². The van der Waals surface area contributed by atoms with E-state index in [0.717, 1.165) is 16.8 Å². The van der Waals surface area contributed by atoms with Crippen LogP contribution >= 0.6 is 0 Å². The van der Waals surface area contributed by atoms with E-state index in [0.29, 0.717) is 30.1 Å². The summed E-state index contributed by atoms with van der Waals surface area (Å²) in [4.78, 5) is 28.3. The topological polar surface area (TPSA) is 84.6 Å². The average molecular weight is 490 g/mol. The summed E-state index contributed by atoms with van der Waals surface area (Å²) in [5.41, 5.74) is 4.58. The molecular weight excluding hydrogens is 458 g/mol. The number of carbonyl (C=O) groups excluding carboxylic acids is 2. The summed E-state index contributed by atoms with van der Waals surface area (Å²) in [7, 11) is 3.13. The van der Waals surface area contributed by atoms with Gasteiger partial charge in [-0.3, -0.25) is 9.59 Å². The smallest absolute Gasteiger partial charge is 0.262 e. The Morgan fingerprint density at radius 2 is 1.86 bits per heavy atom. The van der Waals surface area contributed by atoms with E-state index in [-0.39, 0.29) is 30.9 Å². The van der Waals surface area contributed by atoms with Gasteiger partial charge in [0.25, 0.3) is 11.8 Å². The van der Waals surface area contributed by atoms with Gasteiger partial charge in [0, 0.05) is 25.6 Å². The third kappa shape index (κ3) is 5.49. The quantitative estimate of drug-likeness (QED) is 0.446. The van der Waals surface area contributed by atoms with Gasteiger partial charge in [0.15, 0.2) is 0 Å². The summed E-state index contributed by atoms with van der Waals surface area (Å²) in [6.45, 7) is 4.54. The molecule has 2 heterocycles. The molecule has 0 aliphatic carbocycles. The normalized spacial score (nSPS) is 15.1. The number of hydrogen-bond acceptors (Lipinski definition) is 6. The van der Waals surface area contributed by atoms with Gasteiger partial charge in [-0.1, -0.05) is 12.1 Å². The van der Waals surface area contributed by atoms with Crippen molar-refractivity contribution in [2.75, 3.05) is 33.9 Å². The van der Waals surface area contributed by atoms with Crippen molar-refractivity contribution in [1.29, 1.82) is 0 Å². The van der Waals surface area contributed by atoms with Crippen LogP contribution in [0.1, 0.15) is 45.3 Å². The lowest BCUT2D eigenvalue weighted by Crippen LogP contribution is -2.42. The molecule has 0 saturated heterocycles. The SMILES string of the molecule is COCCN(CC(=O)N1N=C(c2ccc(C)c(C)c2)C[C@@H]1c1ccco1)C(=O)c1ccc(OC)cc1. The number of methoxy groups -OCH3 is 2. The van der Waals surface area contributed by atoms with Gasteiger partial charge in [0.1, 0.15) is 24.1 Å². The Hall–Kier alpha value is -3.91. The number of rotatable bonds is 9. The first-order chi connectivity index (χ1) is 17.4. The van der Waals surface area contributed by atoms with Crippen molar-refractivity contribution < 1.29 is 23.5 Å². The summed E-state index contributed by atoms with van der Waals surface area (Å²) in [5, 5.41) is 6.16. The van der Waals surface area contributed by atoms with Crippen LogP contribution in [0, 0.1) is 13.8 Å². The predicted molar refractivity (Wildman–Crippen MR) is 136 cm³/mol. The molecule has 188 valence electrons. The maximum absolute atomic E-state index is 13.6. The number of aryl methyl sites for hydroxylation is 2. The lowest BCUT2D eigenvalue weighted by atomic mass is 9.99. The van der Waals surface area contributed by atoms with E-state index in [1.807, 2.05) is 12.1 Å². The van der Waals surface area contributed by atoms with Gasteiger partial charge >= 0.3 is 0 Å². The highest BCUT2D eigenvalue weighted by atomic mass is 16.5. The summed E-state index contributed by atoms with van der Waals surface area (Å²) >= 11 is 0. The Bertz CT molecular complexity index is 1230. The molecular formula is C28H31N3O5. The molecule has 0 spiro atoms. The van der Waals surface area contributed by atoms with Crippen molar-refractivity contribution in [2.45, 2.75) is 26.3 Å². The van der Waals surface area contributed by atoms with Crippen molar-refractivity contribution in [3.05, 3.63) is 88.9 Å². The van der Waals surface area contributed by atoms with Gasteiger partial charge in [-0.2, -0.15) is 5.10 Å². The van der Waals surface area contributed by atoms with E-state index in [1.54, 1.807) is 50.8 Å². The number of ether oxygens (including phenoxy) is 2. The summed E-state index contributed by atoms with van der Waals surface area (Å²) in [5.74, 6) is 0.733. The fourth-order valence-corrected chi connectivity index (χ4v) is 4.14. The largest absolute Gasteiger partial charge is 0.497 e. The lowest BCUT2D eigenvalue weighted by molar-refractivity contribution is -0.134. The second kappa shape index (κ2) is 11.2. The molecule has 8 nitrogen and oxygen atoms in total. The standard InChI is InChI=1S/C28H31N3O5/c1-19-7-8-22(16-20(19)2)24-17-25(26-6-5-14-36-26)31(29-24)27(32)18-30(13-15-34-3)28(33)21-9-11-23(35-4)12-10-21/h5-12,14,16,25H,13,15,17-18H2,1-4H3/t25-/m1/s1. The highest BCUT2D eigenvalue weighted by Crippen LogP contribution is 2.33. The Morgan fingerprint density at radius 1 is 1.08 bits per heavy atom. The van der Waals surface area contributed by atoms with Crippen LogP contribution in [0.3, 0.4) is 0 Å². The average Bonchev–Trinajstić information content (AvgIpc) is 3.58. The van der Waals surface area contributed by atoms with E-state index >= 15 is 0 Å². The van der Waals surface area contributed by atoms with Gasteiger partial charge in [-0.25, -0.2) is 5.01 Å². The molecule has 1 atom stereocenters. The zero-order chi connectivity index (χ0) is 25.7. The number of carbonyl (C=O) groups is 2. The van der Waals surface area contributed by atoms with E-state index < -0.39 is 0 Å². The van der Waals surface area contributed by atoms with Crippen molar-refractivity contribution in [2.24, 2.45) is 5.10 Å². The second-order valence-corrected chi connectivity index (χ2v) is 8.77. The Labute approximate surface area is 211 Å². The van der Waals surface area contributed by atoms with Crippen LogP contribution < -0.4 is 4.74 Å². The van der Waals surface area contributed by atoms with Crippen LogP contribution in [0.4, 0.5) is 0 Å². The molecule has 0 N–H and O–H groups in total. The Kier molecular flexibility index (Phi) is 7.85. The fraction of sp³-hybridized carbons (Fsp3) is 0.321. The Morgan fingerprint density at radius 3 is 2.50 bits per heavy atom. The van der Waals surface area contributed by atoms with Gasteiger partial charge in [0.2, 0.25) is 0 Å². The van der Waals surface area contributed by atoms with Crippen LogP contribution in [0.5, 0.6) is 5.75 Å². The number of amides is 2. The number of hydrogen-bond donors (Lipinski definition) is 0. The lowest BCUT2D eigenvalue weighted by Gasteiger charge is -2.26. The van der Waals surface area contributed by atoms with Gasteiger partial charge < -0.3 is 18.8 Å². The van der Waals surface area contributed by atoms with E-state index in [9.17, 15) is 9.59 Å². The molecule has 1 aromatic heterocycles. The second-order valence-electron chi connectivity index (χ2n) is 8.77. The molecule has 36 heavy (non-hydrogen) atoms. The first-order valence-electron chi connectivity index (χ1n) is 11.8. The molecule has 1 aliphatic rings. The van der Waals surface area contributed by atoms with Gasteiger partial charge in [0.05, 0.1) is 25.7 Å². The number of furan rings is 1. The van der Waals surface area contributed by atoms with E-state index in [1.165, 1.54) is 15.5 Å². The molecule has 0 unspecified atom stereocenters. The minimum atomic E-state index is -0.385.